The van der Waals surface area contributed by atoms with Crippen molar-refractivity contribution in [3.63, 3.8) is 0 Å². The minimum Gasteiger partial charge on any atom is -0.378 e. The summed E-state index contributed by atoms with van der Waals surface area (Å²) in [6.07, 6.45) is -0.938. The van der Waals surface area contributed by atoms with Gasteiger partial charge in [0, 0.05) is 13.7 Å². The van der Waals surface area contributed by atoms with Crippen molar-refractivity contribution in [1.82, 2.24) is 5.32 Å². The summed E-state index contributed by atoms with van der Waals surface area (Å²) in [5.74, 6) is -0.590. The first kappa shape index (κ1) is 25.0. The van der Waals surface area contributed by atoms with Crippen LogP contribution in [0.1, 0.15) is 37.5 Å². The van der Waals surface area contributed by atoms with E-state index in [1.165, 1.54) is 19.2 Å². The third-order valence-electron chi connectivity index (χ3n) is 4.63. The van der Waals surface area contributed by atoms with Gasteiger partial charge < -0.3 is 24.3 Å². The first-order valence-electron chi connectivity index (χ1n) is 10.8. The first-order valence-corrected chi connectivity index (χ1v) is 10.8. The van der Waals surface area contributed by atoms with Gasteiger partial charge in [-0.25, -0.2) is 9.38 Å². The topological polar surface area (TPSA) is 81.7 Å². The van der Waals surface area contributed by atoms with Crippen molar-refractivity contribution in [3.8, 4) is 0 Å². The van der Waals surface area contributed by atoms with Gasteiger partial charge in [0.15, 0.2) is 0 Å². The smallest absolute Gasteiger partial charge is 0.268 e. The molecule has 0 radical (unpaired) electrons. The van der Waals surface area contributed by atoms with Gasteiger partial charge in [0.25, 0.3) is 5.91 Å². The molecule has 0 aromatic heterocycles. The Balaban J connectivity index is 1.45. The third kappa shape index (κ3) is 8.66. The number of benzene rings is 2. The highest BCUT2D eigenvalue weighted by Gasteiger charge is 2.43. The van der Waals surface area contributed by atoms with E-state index < -0.39 is 12.5 Å². The van der Waals surface area contributed by atoms with E-state index in [0.29, 0.717) is 19.8 Å². The number of hydrogen-bond acceptors (Lipinski definition) is 6. The third-order valence-corrected chi connectivity index (χ3v) is 4.63. The molecular weight excluding hydrogens is 427 g/mol. The van der Waals surface area contributed by atoms with Gasteiger partial charge in [-0.3, -0.25) is 4.79 Å². The van der Waals surface area contributed by atoms with Gasteiger partial charge in [0.1, 0.15) is 11.5 Å². The first-order chi connectivity index (χ1) is 15.7. The van der Waals surface area contributed by atoms with E-state index in [-0.39, 0.29) is 29.6 Å². The lowest BCUT2D eigenvalue weighted by atomic mass is 10.1. The fourth-order valence-electron chi connectivity index (χ4n) is 3.02. The van der Waals surface area contributed by atoms with Crippen molar-refractivity contribution in [1.29, 1.82) is 0 Å². The maximum Gasteiger partial charge on any atom is 0.268 e. The summed E-state index contributed by atoms with van der Waals surface area (Å²) < 4.78 is 35.1. The average molecular weight is 459 g/mol. The zero-order valence-electron chi connectivity index (χ0n) is 19.5. The van der Waals surface area contributed by atoms with Crippen LogP contribution in [0.25, 0.3) is 0 Å². The molecule has 33 heavy (non-hydrogen) atoms. The summed E-state index contributed by atoms with van der Waals surface area (Å²) >= 11 is 0. The standard InChI is InChI=1S/C25H31FN2O5/c1-25(2,3)33-24-23(32-24)28-21(16-30-4)22(29)27-13-17-8-10-18(11-9-17)14-31-15-19-6-5-7-20(26)12-19/h5-12,23-24H,13-16H2,1-4H3,(H,27,29). The maximum atomic E-state index is 13.2. The highest BCUT2D eigenvalue weighted by atomic mass is 19.1. The Morgan fingerprint density at radius 3 is 2.45 bits per heavy atom. The lowest BCUT2D eigenvalue weighted by Crippen LogP contribution is -2.33. The molecule has 0 aliphatic carbocycles. The molecule has 2 aromatic carbocycles. The van der Waals surface area contributed by atoms with E-state index in [4.69, 9.17) is 18.9 Å². The van der Waals surface area contributed by atoms with Crippen LogP contribution < -0.4 is 5.32 Å². The van der Waals surface area contributed by atoms with Crippen LogP contribution in [-0.2, 0) is 43.5 Å². The number of ether oxygens (including phenoxy) is 4. The predicted molar refractivity (Wildman–Crippen MR) is 122 cm³/mol. The van der Waals surface area contributed by atoms with E-state index in [9.17, 15) is 9.18 Å². The molecule has 8 heteroatoms. The van der Waals surface area contributed by atoms with E-state index in [1.807, 2.05) is 51.1 Å². The molecule has 1 aliphatic rings. The van der Waals surface area contributed by atoms with Gasteiger partial charge in [-0.15, -0.1) is 0 Å². The van der Waals surface area contributed by atoms with Crippen LogP contribution in [0.3, 0.4) is 0 Å². The summed E-state index contributed by atoms with van der Waals surface area (Å²) in [4.78, 5) is 16.9. The van der Waals surface area contributed by atoms with Gasteiger partial charge in [-0.1, -0.05) is 36.4 Å². The van der Waals surface area contributed by atoms with Crippen LogP contribution in [0, 0.1) is 5.82 Å². The summed E-state index contributed by atoms with van der Waals surface area (Å²) in [6.45, 7) is 6.96. The van der Waals surface area contributed by atoms with Gasteiger partial charge in [-0.05, 0) is 49.6 Å². The quantitative estimate of drug-likeness (QED) is 0.410. The summed E-state index contributed by atoms with van der Waals surface area (Å²) in [7, 11) is 1.51. The second kappa shape index (κ2) is 11.5. The maximum absolute atomic E-state index is 13.2. The van der Waals surface area contributed by atoms with Gasteiger partial charge >= 0.3 is 0 Å². The van der Waals surface area contributed by atoms with Crippen LogP contribution in [0.2, 0.25) is 0 Å². The Bertz CT molecular complexity index is 956. The van der Waals surface area contributed by atoms with Crippen LogP contribution in [0.15, 0.2) is 53.5 Å². The van der Waals surface area contributed by atoms with Crippen molar-refractivity contribution < 1.29 is 28.1 Å². The number of carbonyl (C=O) groups is 1. The van der Waals surface area contributed by atoms with Gasteiger partial charge in [0.2, 0.25) is 12.5 Å². The molecule has 2 atom stereocenters. The molecule has 178 valence electrons. The summed E-state index contributed by atoms with van der Waals surface area (Å²) in [5.41, 5.74) is 2.61. The molecule has 1 aliphatic heterocycles. The predicted octanol–water partition coefficient (Wildman–Crippen LogP) is 3.74. The number of nitrogens with zero attached hydrogens (tertiary/aromatic N) is 1. The van der Waals surface area contributed by atoms with Crippen molar-refractivity contribution in [2.45, 2.75) is 58.6 Å². The zero-order chi connectivity index (χ0) is 23.8. The van der Waals surface area contributed by atoms with Gasteiger partial charge in [-0.2, -0.15) is 0 Å². The number of aliphatic imine (C=N–C) groups is 1. The fraction of sp³-hybridized carbons (Fsp3) is 0.440. The molecule has 7 nitrogen and oxygen atoms in total. The Hall–Kier alpha value is -2.65. The number of hydrogen-bond donors (Lipinski definition) is 1. The molecule has 0 spiro atoms. The number of epoxide rings is 1. The van der Waals surface area contributed by atoms with Crippen molar-refractivity contribution in [3.05, 3.63) is 71.0 Å². The minimum atomic E-state index is -0.494. The largest absolute Gasteiger partial charge is 0.378 e. The highest BCUT2D eigenvalue weighted by Crippen LogP contribution is 2.29. The van der Waals surface area contributed by atoms with Crippen molar-refractivity contribution in [2.24, 2.45) is 4.99 Å². The van der Waals surface area contributed by atoms with Gasteiger partial charge in [0.05, 0.1) is 25.4 Å². The van der Waals surface area contributed by atoms with Crippen LogP contribution in [0.5, 0.6) is 0 Å². The monoisotopic (exact) mass is 458 g/mol. The molecular formula is C25H31FN2O5. The Labute approximate surface area is 193 Å². The van der Waals surface area contributed by atoms with E-state index in [1.54, 1.807) is 6.07 Å². The molecule has 1 fully saturated rings. The number of carbonyl (C=O) groups excluding carboxylic acids is 1. The van der Waals surface area contributed by atoms with E-state index in [0.717, 1.165) is 16.7 Å². The van der Waals surface area contributed by atoms with E-state index >= 15 is 0 Å². The zero-order valence-corrected chi connectivity index (χ0v) is 19.5. The lowest BCUT2D eigenvalue weighted by Gasteiger charge is -2.17. The Morgan fingerprint density at radius 2 is 1.79 bits per heavy atom. The molecule has 2 unspecified atom stereocenters. The average Bonchev–Trinajstić information content (AvgIpc) is 3.48. The molecule has 1 amide bonds. The highest BCUT2D eigenvalue weighted by molar-refractivity contribution is 6.39. The number of halogens is 1. The SMILES string of the molecule is COCC(=NC1OC1OC(C)(C)C)C(=O)NCc1ccc(COCc2cccc(F)c2)cc1. The Morgan fingerprint density at radius 1 is 1.09 bits per heavy atom. The second-order valence-corrected chi connectivity index (χ2v) is 8.76. The fourth-order valence-corrected chi connectivity index (χ4v) is 3.02. The number of rotatable bonds is 11. The molecule has 0 bridgehead atoms. The van der Waals surface area contributed by atoms with E-state index in [2.05, 4.69) is 10.3 Å². The van der Waals surface area contributed by atoms with Crippen LogP contribution in [0.4, 0.5) is 4.39 Å². The molecule has 1 heterocycles. The number of methoxy groups -OCH3 is 1. The number of nitrogens with one attached hydrogen (secondary N) is 1. The van der Waals surface area contributed by atoms with Crippen LogP contribution >= 0.6 is 0 Å². The lowest BCUT2D eigenvalue weighted by molar-refractivity contribution is -0.115. The number of amides is 1. The van der Waals surface area contributed by atoms with Crippen LogP contribution in [-0.4, -0.2) is 43.5 Å². The summed E-state index contributed by atoms with van der Waals surface area (Å²) in [5, 5.41) is 2.86. The minimum absolute atomic E-state index is 0.0789. The molecule has 3 rings (SSSR count). The molecule has 1 saturated heterocycles. The molecule has 2 aromatic rings. The Kier molecular flexibility index (Phi) is 8.68. The normalized spacial score (nSPS) is 18.3. The second-order valence-electron chi connectivity index (χ2n) is 8.76. The summed E-state index contributed by atoms with van der Waals surface area (Å²) in [6, 6.07) is 14.1. The van der Waals surface area contributed by atoms with Crippen molar-refractivity contribution >= 4 is 11.6 Å². The van der Waals surface area contributed by atoms with Crippen molar-refractivity contribution in [2.75, 3.05) is 13.7 Å². The molecule has 0 saturated carbocycles. The molecule has 1 N–H and O–H groups in total.